The number of hydrogen-bond acceptors (Lipinski definition) is 4. The van der Waals surface area contributed by atoms with E-state index in [1.807, 2.05) is 0 Å². The fraction of sp³-hybridized carbons (Fsp3) is 0.533. The van der Waals surface area contributed by atoms with Gasteiger partial charge in [-0.05, 0) is 38.0 Å². The second-order valence-electron chi connectivity index (χ2n) is 4.89. The molecule has 0 aromatic heterocycles. The van der Waals surface area contributed by atoms with Crippen LogP contribution in [0, 0.1) is 5.82 Å². The molecule has 0 bridgehead atoms. The third-order valence-electron chi connectivity index (χ3n) is 3.36. The number of nitrogens with one attached hydrogen (secondary N) is 1. The Morgan fingerprint density at radius 3 is 3.10 bits per heavy atom. The summed E-state index contributed by atoms with van der Waals surface area (Å²) < 4.78 is 24.5. The number of carbonyl (C=O) groups is 1. The van der Waals surface area contributed by atoms with Crippen LogP contribution in [-0.2, 0) is 14.3 Å². The predicted molar refractivity (Wildman–Crippen MR) is 77.8 cm³/mol. The SMILES string of the molecule is CCOC(=O)C(NCC1CCCO1)c1cc(Cl)ccc1F. The van der Waals surface area contributed by atoms with Gasteiger partial charge < -0.3 is 9.47 Å². The summed E-state index contributed by atoms with van der Waals surface area (Å²) >= 11 is 5.90. The number of hydrogen-bond donors (Lipinski definition) is 1. The van der Waals surface area contributed by atoms with Gasteiger partial charge in [0.05, 0.1) is 12.7 Å². The van der Waals surface area contributed by atoms with Gasteiger partial charge in [0.15, 0.2) is 0 Å². The van der Waals surface area contributed by atoms with E-state index < -0.39 is 17.8 Å². The van der Waals surface area contributed by atoms with Crippen molar-refractivity contribution < 1.29 is 18.7 Å². The summed E-state index contributed by atoms with van der Waals surface area (Å²) in [6.45, 7) is 3.14. The lowest BCUT2D eigenvalue weighted by Gasteiger charge is -2.20. The number of halogens is 2. The topological polar surface area (TPSA) is 47.6 Å². The standard InChI is InChI=1S/C15H19ClFNO3/c1-2-20-15(19)14(18-9-11-4-3-7-21-11)12-8-10(16)5-6-13(12)17/h5-6,8,11,14,18H,2-4,7,9H2,1H3. The largest absolute Gasteiger partial charge is 0.465 e. The van der Waals surface area contributed by atoms with E-state index in [9.17, 15) is 9.18 Å². The first-order valence-electron chi connectivity index (χ1n) is 7.08. The highest BCUT2D eigenvalue weighted by Gasteiger charge is 2.27. The molecule has 0 amide bonds. The average molecular weight is 316 g/mol. The lowest BCUT2D eigenvalue weighted by molar-refractivity contribution is -0.146. The van der Waals surface area contributed by atoms with Crippen molar-refractivity contribution in [1.29, 1.82) is 0 Å². The molecule has 0 radical (unpaired) electrons. The molecule has 1 aromatic rings. The molecule has 116 valence electrons. The first-order chi connectivity index (χ1) is 10.1. The number of carbonyl (C=O) groups excluding carboxylic acids is 1. The van der Waals surface area contributed by atoms with Gasteiger partial charge in [-0.3, -0.25) is 5.32 Å². The monoisotopic (exact) mass is 315 g/mol. The molecule has 1 heterocycles. The maximum atomic E-state index is 14.0. The Balaban J connectivity index is 2.14. The maximum absolute atomic E-state index is 14.0. The first-order valence-corrected chi connectivity index (χ1v) is 7.46. The highest BCUT2D eigenvalue weighted by Crippen LogP contribution is 2.23. The molecule has 0 aliphatic carbocycles. The second-order valence-corrected chi connectivity index (χ2v) is 5.33. The summed E-state index contributed by atoms with van der Waals surface area (Å²) in [6.07, 6.45) is 1.98. The molecule has 1 aliphatic rings. The summed E-state index contributed by atoms with van der Waals surface area (Å²) in [5.41, 5.74) is 0.193. The Labute approximate surface area is 128 Å². The zero-order valence-corrected chi connectivity index (χ0v) is 12.7. The molecule has 0 saturated carbocycles. The Kier molecular flexibility index (Phi) is 5.96. The van der Waals surface area contributed by atoms with E-state index in [0.29, 0.717) is 11.6 Å². The van der Waals surface area contributed by atoms with Crippen molar-refractivity contribution >= 4 is 17.6 Å². The molecule has 0 spiro atoms. The van der Waals surface area contributed by atoms with Gasteiger partial charge in [0.2, 0.25) is 0 Å². The number of benzene rings is 1. The molecular weight excluding hydrogens is 297 g/mol. The van der Waals surface area contributed by atoms with Gasteiger partial charge in [0.25, 0.3) is 0 Å². The van der Waals surface area contributed by atoms with Crippen molar-refractivity contribution in [3.05, 3.63) is 34.6 Å². The normalized spacial score (nSPS) is 19.5. The zero-order valence-electron chi connectivity index (χ0n) is 11.9. The highest BCUT2D eigenvalue weighted by molar-refractivity contribution is 6.30. The predicted octanol–water partition coefficient (Wildman–Crippen LogP) is 2.85. The average Bonchev–Trinajstić information content (AvgIpc) is 2.96. The molecule has 2 rings (SSSR count). The molecule has 1 N–H and O–H groups in total. The van der Waals surface area contributed by atoms with E-state index in [-0.39, 0.29) is 18.3 Å². The first kappa shape index (κ1) is 16.2. The number of rotatable bonds is 6. The van der Waals surface area contributed by atoms with E-state index in [1.54, 1.807) is 6.92 Å². The van der Waals surface area contributed by atoms with Crippen LogP contribution in [0.5, 0.6) is 0 Å². The van der Waals surface area contributed by atoms with Crippen molar-refractivity contribution in [3.8, 4) is 0 Å². The van der Waals surface area contributed by atoms with Crippen LogP contribution in [0.25, 0.3) is 0 Å². The molecule has 1 aromatic carbocycles. The van der Waals surface area contributed by atoms with Crippen LogP contribution in [0.3, 0.4) is 0 Å². The van der Waals surface area contributed by atoms with E-state index in [4.69, 9.17) is 21.1 Å². The van der Waals surface area contributed by atoms with Crippen LogP contribution in [0.4, 0.5) is 4.39 Å². The molecule has 4 nitrogen and oxygen atoms in total. The minimum Gasteiger partial charge on any atom is -0.465 e. The molecular formula is C15H19ClFNO3. The van der Waals surface area contributed by atoms with Crippen LogP contribution in [0.1, 0.15) is 31.4 Å². The van der Waals surface area contributed by atoms with E-state index in [1.165, 1.54) is 18.2 Å². The number of esters is 1. The van der Waals surface area contributed by atoms with E-state index in [2.05, 4.69) is 5.32 Å². The molecule has 2 unspecified atom stereocenters. The van der Waals surface area contributed by atoms with Gasteiger partial charge in [-0.15, -0.1) is 0 Å². The third-order valence-corrected chi connectivity index (χ3v) is 3.60. The summed E-state index contributed by atoms with van der Waals surface area (Å²) in [7, 11) is 0. The van der Waals surface area contributed by atoms with Crippen molar-refractivity contribution in [2.75, 3.05) is 19.8 Å². The molecule has 21 heavy (non-hydrogen) atoms. The highest BCUT2D eigenvalue weighted by atomic mass is 35.5. The van der Waals surface area contributed by atoms with Crippen molar-refractivity contribution in [1.82, 2.24) is 5.32 Å². The fourth-order valence-corrected chi connectivity index (χ4v) is 2.52. The molecule has 1 aliphatic heterocycles. The number of ether oxygens (including phenoxy) is 2. The minimum atomic E-state index is -0.882. The van der Waals surface area contributed by atoms with Gasteiger partial charge in [0.1, 0.15) is 11.9 Å². The van der Waals surface area contributed by atoms with Crippen molar-refractivity contribution in [2.24, 2.45) is 0 Å². The molecule has 1 fully saturated rings. The zero-order chi connectivity index (χ0) is 15.2. The fourth-order valence-electron chi connectivity index (χ4n) is 2.34. The van der Waals surface area contributed by atoms with Crippen molar-refractivity contribution in [2.45, 2.75) is 31.9 Å². The smallest absolute Gasteiger partial charge is 0.327 e. The van der Waals surface area contributed by atoms with Crippen LogP contribution >= 0.6 is 11.6 Å². The minimum absolute atomic E-state index is 0.0455. The van der Waals surface area contributed by atoms with Gasteiger partial charge in [-0.25, -0.2) is 9.18 Å². The van der Waals surface area contributed by atoms with E-state index >= 15 is 0 Å². The van der Waals surface area contributed by atoms with E-state index in [0.717, 1.165) is 19.4 Å². The summed E-state index contributed by atoms with van der Waals surface area (Å²) in [6, 6.07) is 3.26. The maximum Gasteiger partial charge on any atom is 0.327 e. The van der Waals surface area contributed by atoms with Crippen LogP contribution in [0.2, 0.25) is 5.02 Å². The van der Waals surface area contributed by atoms with Gasteiger partial charge >= 0.3 is 5.97 Å². The lowest BCUT2D eigenvalue weighted by Crippen LogP contribution is -2.36. The lowest BCUT2D eigenvalue weighted by atomic mass is 10.1. The Morgan fingerprint density at radius 1 is 1.62 bits per heavy atom. The summed E-state index contributed by atoms with van der Waals surface area (Å²) in [5.74, 6) is -1.01. The second kappa shape index (κ2) is 7.73. The van der Waals surface area contributed by atoms with Crippen molar-refractivity contribution in [3.63, 3.8) is 0 Å². The summed E-state index contributed by atoms with van der Waals surface area (Å²) in [5, 5.41) is 3.41. The quantitative estimate of drug-likeness (QED) is 0.820. The van der Waals surface area contributed by atoms with Gasteiger partial charge in [0, 0.05) is 23.7 Å². The van der Waals surface area contributed by atoms with Gasteiger partial charge in [-0.1, -0.05) is 11.6 Å². The van der Waals surface area contributed by atoms with Crippen LogP contribution < -0.4 is 5.32 Å². The Bertz CT molecular complexity index is 492. The molecule has 1 saturated heterocycles. The van der Waals surface area contributed by atoms with Crippen LogP contribution in [-0.4, -0.2) is 31.8 Å². The molecule has 6 heteroatoms. The molecule has 2 atom stereocenters. The van der Waals surface area contributed by atoms with Gasteiger partial charge in [-0.2, -0.15) is 0 Å². The Hall–Kier alpha value is -1.17. The summed E-state index contributed by atoms with van der Waals surface area (Å²) in [4.78, 5) is 12.1. The Morgan fingerprint density at radius 2 is 2.43 bits per heavy atom. The third kappa shape index (κ3) is 4.40. The van der Waals surface area contributed by atoms with Crippen LogP contribution in [0.15, 0.2) is 18.2 Å².